The van der Waals surface area contributed by atoms with E-state index in [9.17, 15) is 38.8 Å². The Kier molecular flexibility index (Phi) is 14.3. The second-order valence-electron chi connectivity index (χ2n) is 16.1. The van der Waals surface area contributed by atoms with E-state index in [0.717, 1.165) is 48.6 Å². The van der Waals surface area contributed by atoms with Crippen LogP contribution in [-0.2, 0) is 36.4 Å². The van der Waals surface area contributed by atoms with E-state index in [1.165, 1.54) is 28.1 Å². The molecule has 1 amide bonds. The van der Waals surface area contributed by atoms with Crippen LogP contribution in [0.4, 0.5) is 20.2 Å². The summed E-state index contributed by atoms with van der Waals surface area (Å²) in [5.74, 6) is -4.61. The van der Waals surface area contributed by atoms with Crippen molar-refractivity contribution in [2.24, 2.45) is 0 Å². The lowest BCUT2D eigenvalue weighted by Crippen LogP contribution is -2.46. The largest absolute Gasteiger partial charge is 0.456 e. The zero-order valence-corrected chi connectivity index (χ0v) is 39.0. The number of para-hydroxylation sites is 1. The number of nitrogens with one attached hydrogen (secondary N) is 2. The molecule has 2 fully saturated rings. The molecule has 2 saturated heterocycles. The molecule has 67 heavy (non-hydrogen) atoms. The van der Waals surface area contributed by atoms with Gasteiger partial charge in [0.25, 0.3) is 15.9 Å². The molecule has 19 heteroatoms. The molecule has 13 nitrogen and oxygen atoms in total. The third-order valence-corrected chi connectivity index (χ3v) is 16.6. The zero-order valence-electron chi connectivity index (χ0n) is 35.8. The summed E-state index contributed by atoms with van der Waals surface area (Å²) in [5.41, 5.74) is 3.63. The van der Waals surface area contributed by atoms with Crippen LogP contribution in [0.3, 0.4) is 0 Å². The van der Waals surface area contributed by atoms with E-state index in [4.69, 9.17) is 16.3 Å². The number of halogens is 3. The van der Waals surface area contributed by atoms with Crippen molar-refractivity contribution in [2.45, 2.75) is 45.9 Å². The number of anilines is 2. The molecule has 0 spiro atoms. The summed E-state index contributed by atoms with van der Waals surface area (Å²) in [6.45, 7) is 3.55. The first kappa shape index (κ1) is 47.6. The summed E-state index contributed by atoms with van der Waals surface area (Å²) < 4.78 is 118. The fourth-order valence-corrected chi connectivity index (χ4v) is 11.7. The second-order valence-corrected chi connectivity index (χ2v) is 22.0. The number of hydrogen-bond donors (Lipinski definition) is 2. The minimum atomic E-state index is -5.39. The number of piperidine rings is 1. The molecule has 0 radical (unpaired) electrons. The molecular formula is C48H46ClF2N5O8S3. The Morgan fingerprint density at radius 2 is 1.34 bits per heavy atom. The monoisotopic (exact) mass is 989 g/mol. The van der Waals surface area contributed by atoms with Crippen LogP contribution in [-0.4, -0.2) is 91.4 Å². The van der Waals surface area contributed by atoms with E-state index in [-0.39, 0.29) is 47.8 Å². The summed E-state index contributed by atoms with van der Waals surface area (Å²) in [5, 5.41) is 3.58. The second kappa shape index (κ2) is 20.1. The molecule has 0 aliphatic carbocycles. The van der Waals surface area contributed by atoms with Gasteiger partial charge in [-0.2, -0.15) is 13.1 Å². The molecule has 2 aliphatic heterocycles. The lowest BCUT2D eigenvalue weighted by atomic mass is 9.99. The maximum absolute atomic E-state index is 14.1. The van der Waals surface area contributed by atoms with Gasteiger partial charge in [0.2, 0.25) is 19.9 Å². The molecule has 2 aliphatic rings. The van der Waals surface area contributed by atoms with Crippen LogP contribution in [0.2, 0.25) is 5.02 Å². The summed E-state index contributed by atoms with van der Waals surface area (Å²) >= 11 is 6.14. The highest BCUT2D eigenvalue weighted by molar-refractivity contribution is 7.92. The number of alkyl halides is 2. The Balaban J connectivity index is 0.981. The smallest absolute Gasteiger partial charge is 0.341 e. The van der Waals surface area contributed by atoms with Gasteiger partial charge in [-0.25, -0.2) is 30.0 Å². The molecule has 0 saturated carbocycles. The van der Waals surface area contributed by atoms with Crippen molar-refractivity contribution >= 4 is 58.8 Å². The van der Waals surface area contributed by atoms with Crippen molar-refractivity contribution in [3.8, 4) is 22.6 Å². The van der Waals surface area contributed by atoms with Gasteiger partial charge < -0.3 is 15.0 Å². The summed E-state index contributed by atoms with van der Waals surface area (Å²) in [7, 11) is -14.1. The van der Waals surface area contributed by atoms with Gasteiger partial charge in [-0.3, -0.25) is 9.69 Å². The summed E-state index contributed by atoms with van der Waals surface area (Å²) in [6.07, 6.45) is 0.388. The topological polar surface area (TPSA) is 162 Å². The number of amides is 1. The van der Waals surface area contributed by atoms with Gasteiger partial charge >= 0.3 is 5.76 Å². The van der Waals surface area contributed by atoms with Crippen molar-refractivity contribution in [1.29, 1.82) is 0 Å². The van der Waals surface area contributed by atoms with Crippen molar-refractivity contribution in [1.82, 2.24) is 13.9 Å². The molecule has 0 atom stereocenters. The van der Waals surface area contributed by atoms with Gasteiger partial charge in [-0.1, -0.05) is 84.4 Å². The molecular weight excluding hydrogens is 944 g/mol. The minimum Gasteiger partial charge on any atom is -0.456 e. The predicted molar refractivity (Wildman–Crippen MR) is 253 cm³/mol. The van der Waals surface area contributed by atoms with Crippen LogP contribution >= 0.6 is 11.6 Å². The average molecular weight is 991 g/mol. The fourth-order valence-electron chi connectivity index (χ4n) is 8.13. The normalized spacial score (nSPS) is 15.6. The number of nitrogens with zero attached hydrogens (tertiary/aromatic N) is 3. The summed E-state index contributed by atoms with van der Waals surface area (Å²) in [4.78, 5) is 16.7. The molecule has 2 heterocycles. The molecule has 8 rings (SSSR count). The Hall–Kier alpha value is -5.89. The minimum absolute atomic E-state index is 0.0406. The van der Waals surface area contributed by atoms with Gasteiger partial charge in [0.15, 0.2) is 0 Å². The molecule has 0 bridgehead atoms. The van der Waals surface area contributed by atoms with Gasteiger partial charge in [0, 0.05) is 68.6 Å². The first-order chi connectivity index (χ1) is 32.1. The highest BCUT2D eigenvalue weighted by Crippen LogP contribution is 2.34. The SMILES string of the molecule is O=C(NS(=O)(=O)c1ccc(NC2CCN(S(=O)(=O)c3ccccc3)CC2)c(S(=O)(=O)C(F)F)c1)c1ccc(N2CCN(Cc3ccccc3-c3ccc(Cl)cc3)CC2)cc1Oc1ccccc1. The van der Waals surface area contributed by atoms with Gasteiger partial charge in [0.05, 0.1) is 25.9 Å². The molecule has 0 unspecified atom stereocenters. The maximum Gasteiger partial charge on any atom is 0.341 e. The Morgan fingerprint density at radius 3 is 2.01 bits per heavy atom. The number of carbonyl (C=O) groups excluding carboxylic acids is 1. The quantitative estimate of drug-likeness (QED) is 0.102. The molecule has 6 aromatic carbocycles. The highest BCUT2D eigenvalue weighted by atomic mass is 35.5. The number of sulfonamides is 2. The number of ether oxygens (including phenoxy) is 1. The number of hydrogen-bond acceptors (Lipinski definition) is 11. The third-order valence-electron chi connectivity index (χ3n) is 11.7. The Labute approximate surface area is 394 Å². The van der Waals surface area contributed by atoms with Gasteiger partial charge in [0.1, 0.15) is 11.5 Å². The van der Waals surface area contributed by atoms with E-state index in [0.29, 0.717) is 29.9 Å². The number of piperazine rings is 1. The van der Waals surface area contributed by atoms with Crippen LogP contribution in [0.5, 0.6) is 11.5 Å². The van der Waals surface area contributed by atoms with Crippen LogP contribution < -0.4 is 19.7 Å². The fraction of sp³-hybridized carbons (Fsp3) is 0.229. The van der Waals surface area contributed by atoms with Crippen LogP contribution in [0.15, 0.2) is 160 Å². The van der Waals surface area contributed by atoms with Crippen molar-refractivity contribution in [2.75, 3.05) is 49.5 Å². The van der Waals surface area contributed by atoms with E-state index in [1.54, 1.807) is 60.7 Å². The Morgan fingerprint density at radius 1 is 0.701 bits per heavy atom. The van der Waals surface area contributed by atoms with Gasteiger partial charge in [-0.15, -0.1) is 0 Å². The predicted octanol–water partition coefficient (Wildman–Crippen LogP) is 8.50. The standard InChI is InChI=1S/C48H46ClF2N5O8S3/c49-36-17-15-34(16-18-36)42-14-8-7-9-35(42)33-54-27-29-55(30-28-54)38-19-21-43(45(31-38)64-39-10-3-1-4-11-39)47(57)53-66(60,61)41-20-22-44(46(32-41)65(58,59)48(50)51)52-37-23-25-56(26-24-37)67(62,63)40-12-5-2-6-13-40/h1-22,31-32,37,48,52H,23-30,33H2,(H,53,57). The van der Waals surface area contributed by atoms with Crippen LogP contribution in [0.1, 0.15) is 28.8 Å². The lowest BCUT2D eigenvalue weighted by Gasteiger charge is -2.36. The molecule has 6 aromatic rings. The van der Waals surface area contributed by atoms with Gasteiger partial charge in [-0.05, 0) is 96.3 Å². The van der Waals surface area contributed by atoms with Crippen LogP contribution in [0, 0.1) is 0 Å². The molecule has 0 aromatic heterocycles. The van der Waals surface area contributed by atoms with E-state index in [2.05, 4.69) is 27.2 Å². The van der Waals surface area contributed by atoms with Crippen molar-refractivity contribution in [3.63, 3.8) is 0 Å². The van der Waals surface area contributed by atoms with E-state index < -0.39 is 57.4 Å². The number of carbonyl (C=O) groups is 1. The maximum atomic E-state index is 14.1. The molecule has 350 valence electrons. The number of benzene rings is 6. The first-order valence-corrected chi connectivity index (χ1v) is 26.2. The average Bonchev–Trinajstić information content (AvgIpc) is 3.33. The number of sulfone groups is 1. The van der Waals surface area contributed by atoms with Crippen molar-refractivity contribution in [3.05, 3.63) is 162 Å². The lowest BCUT2D eigenvalue weighted by molar-refractivity contribution is 0.0979. The Bertz CT molecular complexity index is 3070. The highest BCUT2D eigenvalue weighted by Gasteiger charge is 2.34. The summed E-state index contributed by atoms with van der Waals surface area (Å²) in [6, 6.07) is 39.2. The van der Waals surface area contributed by atoms with E-state index >= 15 is 0 Å². The first-order valence-electron chi connectivity index (χ1n) is 21.3. The third kappa shape index (κ3) is 11.0. The van der Waals surface area contributed by atoms with E-state index in [1.807, 2.05) is 41.1 Å². The number of rotatable bonds is 15. The van der Waals surface area contributed by atoms with Crippen molar-refractivity contribution < 1.29 is 43.6 Å². The molecule has 2 N–H and O–H groups in total. The van der Waals surface area contributed by atoms with Crippen LogP contribution in [0.25, 0.3) is 11.1 Å². The zero-order chi connectivity index (χ0) is 47.3.